The lowest BCUT2D eigenvalue weighted by Crippen LogP contribution is -2.13. The van der Waals surface area contributed by atoms with E-state index in [0.717, 1.165) is 12.1 Å². The summed E-state index contributed by atoms with van der Waals surface area (Å²) in [5.74, 6) is -2.41. The zero-order valence-corrected chi connectivity index (χ0v) is 13.5. The minimum Gasteiger partial charge on any atom is -0.431 e. The first-order valence-corrected chi connectivity index (χ1v) is 7.31. The van der Waals surface area contributed by atoms with Crippen molar-refractivity contribution in [1.29, 1.82) is 0 Å². The van der Waals surface area contributed by atoms with E-state index in [1.54, 1.807) is 0 Å². The van der Waals surface area contributed by atoms with Gasteiger partial charge in [-0.05, 0) is 36.8 Å². The first-order valence-electron chi connectivity index (χ1n) is 6.93. The summed E-state index contributed by atoms with van der Waals surface area (Å²) in [6, 6.07) is 6.41. The maximum atomic E-state index is 12.5. The highest BCUT2D eigenvalue weighted by molar-refractivity contribution is 6.30. The van der Waals surface area contributed by atoms with Crippen LogP contribution < -0.4 is 9.47 Å². The molecule has 134 valence electrons. The molecule has 2 aromatic rings. The molecule has 0 aliphatic carbocycles. The lowest BCUT2D eigenvalue weighted by atomic mass is 9.91. The highest BCUT2D eigenvalue weighted by atomic mass is 35.5. The van der Waals surface area contributed by atoms with Crippen molar-refractivity contribution in [3.63, 3.8) is 0 Å². The first-order chi connectivity index (χ1) is 11.8. The molecule has 25 heavy (non-hydrogen) atoms. The molecule has 0 aliphatic rings. The Hall–Kier alpha value is -2.35. The second-order valence-corrected chi connectivity index (χ2v) is 5.34. The number of ketones is 1. The maximum Gasteiger partial charge on any atom is 0.387 e. The number of halogens is 5. The molecule has 9 heteroatoms. The van der Waals surface area contributed by atoms with Crippen molar-refractivity contribution in [3.8, 4) is 11.5 Å². The van der Waals surface area contributed by atoms with Gasteiger partial charge in [0.2, 0.25) is 0 Å². The third-order valence-corrected chi connectivity index (χ3v) is 3.41. The molecule has 1 atom stereocenters. The lowest BCUT2D eigenvalue weighted by Gasteiger charge is -2.17. The fourth-order valence-corrected chi connectivity index (χ4v) is 2.37. The Morgan fingerprint density at radius 3 is 2.20 bits per heavy atom. The SMILES string of the molecule is CC(=O)C(c1ccc(OC(F)F)c(OC(F)F)c1)c1ccc(Cl)cn1. The fourth-order valence-electron chi connectivity index (χ4n) is 2.26. The maximum absolute atomic E-state index is 12.5. The molecule has 1 unspecified atom stereocenters. The molecular weight excluding hydrogens is 366 g/mol. The molecule has 1 heterocycles. The molecule has 4 nitrogen and oxygen atoms in total. The number of carbonyl (C=O) groups excluding carboxylic acids is 1. The Balaban J connectivity index is 2.47. The molecule has 0 fully saturated rings. The zero-order valence-electron chi connectivity index (χ0n) is 12.8. The molecule has 0 bridgehead atoms. The highest BCUT2D eigenvalue weighted by Gasteiger charge is 2.24. The molecule has 1 aromatic heterocycles. The van der Waals surface area contributed by atoms with Crippen LogP contribution in [0.4, 0.5) is 17.6 Å². The fraction of sp³-hybridized carbons (Fsp3) is 0.250. The van der Waals surface area contributed by atoms with Crippen LogP contribution in [0, 0.1) is 0 Å². The van der Waals surface area contributed by atoms with Crippen LogP contribution in [0.1, 0.15) is 24.1 Å². The minimum atomic E-state index is -3.25. The molecule has 2 rings (SSSR count). The number of Topliss-reactive ketones (excluding diaryl/α,β-unsaturated/α-hetero) is 1. The van der Waals surface area contributed by atoms with Crippen molar-refractivity contribution < 1.29 is 31.8 Å². The number of hydrogen-bond donors (Lipinski definition) is 0. The number of ether oxygens (including phenoxy) is 2. The predicted octanol–water partition coefficient (Wildman–Crippen LogP) is 4.66. The minimum absolute atomic E-state index is 0.236. The smallest absolute Gasteiger partial charge is 0.387 e. The van der Waals surface area contributed by atoms with Gasteiger partial charge in [-0.2, -0.15) is 17.6 Å². The van der Waals surface area contributed by atoms with E-state index in [0.29, 0.717) is 10.7 Å². The summed E-state index contributed by atoms with van der Waals surface area (Å²) in [5.41, 5.74) is 0.557. The summed E-state index contributed by atoms with van der Waals surface area (Å²) in [7, 11) is 0. The van der Waals surface area contributed by atoms with Crippen molar-refractivity contribution in [1.82, 2.24) is 4.98 Å². The van der Waals surface area contributed by atoms with Crippen molar-refractivity contribution in [3.05, 3.63) is 52.8 Å². The number of pyridine rings is 1. The van der Waals surface area contributed by atoms with Crippen LogP contribution in [0.5, 0.6) is 11.5 Å². The summed E-state index contributed by atoms with van der Waals surface area (Å²) in [6.07, 6.45) is 1.33. The molecule has 0 aliphatic heterocycles. The third kappa shape index (κ3) is 5.06. The van der Waals surface area contributed by atoms with Gasteiger partial charge in [-0.15, -0.1) is 0 Å². The Bertz CT molecular complexity index is 741. The number of hydrogen-bond acceptors (Lipinski definition) is 4. The van der Waals surface area contributed by atoms with Gasteiger partial charge in [0, 0.05) is 6.20 Å². The summed E-state index contributed by atoms with van der Waals surface area (Å²) in [6.45, 7) is -5.18. The van der Waals surface area contributed by atoms with Gasteiger partial charge in [-0.1, -0.05) is 17.7 Å². The van der Waals surface area contributed by atoms with Gasteiger partial charge < -0.3 is 9.47 Å². The molecule has 0 spiro atoms. The van der Waals surface area contributed by atoms with Gasteiger partial charge >= 0.3 is 13.2 Å². The van der Waals surface area contributed by atoms with Gasteiger partial charge in [-0.3, -0.25) is 9.78 Å². The first kappa shape index (κ1) is 19.0. The van der Waals surface area contributed by atoms with E-state index in [9.17, 15) is 22.4 Å². The second-order valence-electron chi connectivity index (χ2n) is 4.91. The quantitative estimate of drug-likeness (QED) is 0.658. The second kappa shape index (κ2) is 8.15. The normalized spacial score (nSPS) is 12.3. The number of carbonyl (C=O) groups is 1. The molecule has 0 radical (unpaired) electrons. The van der Waals surface area contributed by atoms with Gasteiger partial charge in [-0.25, -0.2) is 0 Å². The Labute approximate surface area is 145 Å². The molecule has 0 N–H and O–H groups in total. The van der Waals surface area contributed by atoms with Gasteiger partial charge in [0.05, 0.1) is 16.6 Å². The topological polar surface area (TPSA) is 48.4 Å². The van der Waals surface area contributed by atoms with E-state index in [-0.39, 0.29) is 11.3 Å². The van der Waals surface area contributed by atoms with Crippen molar-refractivity contribution in [2.45, 2.75) is 26.1 Å². The van der Waals surface area contributed by atoms with E-state index in [2.05, 4.69) is 14.5 Å². The van der Waals surface area contributed by atoms with Crippen LogP contribution in [0.2, 0.25) is 5.02 Å². The van der Waals surface area contributed by atoms with E-state index < -0.39 is 30.6 Å². The summed E-state index contributed by atoms with van der Waals surface area (Å²) in [4.78, 5) is 16.1. The van der Waals surface area contributed by atoms with Crippen LogP contribution in [0.15, 0.2) is 36.5 Å². The monoisotopic (exact) mass is 377 g/mol. The van der Waals surface area contributed by atoms with Crippen molar-refractivity contribution in [2.75, 3.05) is 0 Å². The Morgan fingerprint density at radius 2 is 1.68 bits per heavy atom. The summed E-state index contributed by atoms with van der Waals surface area (Å²) < 4.78 is 58.2. The van der Waals surface area contributed by atoms with Crippen LogP contribution in [0.3, 0.4) is 0 Å². The Kier molecular flexibility index (Phi) is 6.19. The largest absolute Gasteiger partial charge is 0.431 e. The molecule has 0 saturated heterocycles. The number of rotatable bonds is 7. The number of aromatic nitrogens is 1. The predicted molar refractivity (Wildman–Crippen MR) is 81.5 cm³/mol. The lowest BCUT2D eigenvalue weighted by molar-refractivity contribution is -0.117. The standard InChI is InChI=1S/C16H12ClF4NO3/c1-8(23)14(11-4-3-10(17)7-22-11)9-2-5-12(24-15(18)19)13(6-9)25-16(20)21/h2-7,14-16H,1H3. The molecule has 0 amide bonds. The van der Waals surface area contributed by atoms with E-state index in [1.165, 1.54) is 31.3 Å². The molecule has 0 saturated carbocycles. The van der Waals surface area contributed by atoms with Crippen molar-refractivity contribution in [2.24, 2.45) is 0 Å². The number of nitrogens with zero attached hydrogens (tertiary/aromatic N) is 1. The average molecular weight is 378 g/mol. The average Bonchev–Trinajstić information content (AvgIpc) is 2.50. The zero-order chi connectivity index (χ0) is 18.6. The van der Waals surface area contributed by atoms with Gasteiger partial charge in [0.1, 0.15) is 5.78 Å². The third-order valence-electron chi connectivity index (χ3n) is 3.19. The van der Waals surface area contributed by atoms with Crippen LogP contribution in [-0.2, 0) is 4.79 Å². The summed E-state index contributed by atoms with van der Waals surface area (Å²) >= 11 is 5.76. The van der Waals surface area contributed by atoms with Crippen LogP contribution in [0.25, 0.3) is 0 Å². The Morgan fingerprint density at radius 1 is 1.04 bits per heavy atom. The van der Waals surface area contributed by atoms with Crippen LogP contribution >= 0.6 is 11.6 Å². The molecular formula is C16H12ClF4NO3. The van der Waals surface area contributed by atoms with Crippen LogP contribution in [-0.4, -0.2) is 24.0 Å². The van der Waals surface area contributed by atoms with Gasteiger partial charge in [0.15, 0.2) is 11.5 Å². The van der Waals surface area contributed by atoms with E-state index >= 15 is 0 Å². The number of benzene rings is 1. The molecule has 1 aromatic carbocycles. The van der Waals surface area contributed by atoms with Gasteiger partial charge in [0.25, 0.3) is 0 Å². The number of alkyl halides is 4. The summed E-state index contributed by atoms with van der Waals surface area (Å²) in [5, 5.41) is 0.355. The van der Waals surface area contributed by atoms with E-state index in [1.807, 2.05) is 0 Å². The van der Waals surface area contributed by atoms with E-state index in [4.69, 9.17) is 11.6 Å². The van der Waals surface area contributed by atoms with Crippen molar-refractivity contribution >= 4 is 17.4 Å². The highest BCUT2D eigenvalue weighted by Crippen LogP contribution is 2.35.